The number of benzene rings is 2. The molecule has 1 N–H and O–H groups in total. The lowest BCUT2D eigenvalue weighted by Gasteiger charge is -2.10. The zero-order chi connectivity index (χ0) is 15.4. The largest absolute Gasteiger partial charge is 0.313 e. The fourth-order valence-electron chi connectivity index (χ4n) is 2.15. The summed E-state index contributed by atoms with van der Waals surface area (Å²) in [6, 6.07) is 8.51. The second-order valence-corrected chi connectivity index (χ2v) is 5.46. The lowest BCUT2D eigenvalue weighted by atomic mass is 10.0. The van der Waals surface area contributed by atoms with Crippen molar-refractivity contribution in [1.29, 1.82) is 0 Å². The number of rotatable bonds is 5. The third-order valence-electron chi connectivity index (χ3n) is 3.35. The number of nitrogens with one attached hydrogen (secondary N) is 1. The molecular formula is C17H18ClF2N. The summed E-state index contributed by atoms with van der Waals surface area (Å²) in [5.74, 6) is -1.67. The Hall–Kier alpha value is -1.45. The molecule has 2 aromatic carbocycles. The van der Waals surface area contributed by atoms with Crippen LogP contribution in [0.5, 0.6) is 0 Å². The summed E-state index contributed by atoms with van der Waals surface area (Å²) in [6.45, 7) is 5.26. The van der Waals surface area contributed by atoms with Gasteiger partial charge in [-0.1, -0.05) is 42.8 Å². The van der Waals surface area contributed by atoms with E-state index >= 15 is 0 Å². The second kappa shape index (κ2) is 7.01. The highest BCUT2D eigenvalue weighted by Crippen LogP contribution is 2.32. The molecule has 0 aromatic heterocycles. The lowest BCUT2D eigenvalue weighted by molar-refractivity contribution is 0.505. The Morgan fingerprint density at radius 2 is 1.76 bits per heavy atom. The molecule has 0 heterocycles. The van der Waals surface area contributed by atoms with Crippen molar-refractivity contribution in [1.82, 2.24) is 5.32 Å². The van der Waals surface area contributed by atoms with Gasteiger partial charge in [-0.3, -0.25) is 0 Å². The van der Waals surface area contributed by atoms with E-state index in [1.54, 1.807) is 24.3 Å². The fraction of sp³-hybridized carbons (Fsp3) is 0.294. The van der Waals surface area contributed by atoms with Gasteiger partial charge in [-0.15, -0.1) is 0 Å². The Balaban J connectivity index is 2.31. The summed E-state index contributed by atoms with van der Waals surface area (Å²) >= 11 is 6.22. The molecule has 0 atom stereocenters. The molecule has 0 spiro atoms. The van der Waals surface area contributed by atoms with Crippen molar-refractivity contribution in [3.63, 3.8) is 0 Å². The van der Waals surface area contributed by atoms with Crippen molar-refractivity contribution in [3.05, 3.63) is 58.1 Å². The third kappa shape index (κ3) is 3.60. The van der Waals surface area contributed by atoms with E-state index in [0.29, 0.717) is 17.1 Å². The average Bonchev–Trinajstić information content (AvgIpc) is 2.46. The summed E-state index contributed by atoms with van der Waals surface area (Å²) in [5, 5.41) is 3.70. The maximum Gasteiger partial charge on any atom is 0.166 e. The van der Waals surface area contributed by atoms with Crippen LogP contribution in [0.25, 0.3) is 11.1 Å². The SMILES string of the molecule is CCCNCc1ccc(-c2ccc(C)c(F)c2F)c(Cl)c1. The van der Waals surface area contributed by atoms with Crippen molar-refractivity contribution < 1.29 is 8.78 Å². The first kappa shape index (κ1) is 15.9. The molecule has 0 unspecified atom stereocenters. The molecule has 0 saturated carbocycles. The van der Waals surface area contributed by atoms with E-state index in [1.807, 2.05) is 6.07 Å². The van der Waals surface area contributed by atoms with Crippen LogP contribution >= 0.6 is 11.6 Å². The van der Waals surface area contributed by atoms with E-state index in [9.17, 15) is 8.78 Å². The maximum absolute atomic E-state index is 14.0. The highest BCUT2D eigenvalue weighted by Gasteiger charge is 2.14. The molecule has 0 amide bonds. The number of halogens is 3. The van der Waals surface area contributed by atoms with Crippen LogP contribution in [0.3, 0.4) is 0 Å². The molecule has 0 radical (unpaired) electrons. The van der Waals surface area contributed by atoms with Crippen LogP contribution < -0.4 is 5.32 Å². The van der Waals surface area contributed by atoms with Gasteiger partial charge in [0.2, 0.25) is 0 Å². The van der Waals surface area contributed by atoms with Gasteiger partial charge in [0, 0.05) is 22.7 Å². The van der Waals surface area contributed by atoms with Gasteiger partial charge in [0.1, 0.15) is 0 Å². The number of hydrogen-bond donors (Lipinski definition) is 1. The Morgan fingerprint density at radius 1 is 1.05 bits per heavy atom. The van der Waals surface area contributed by atoms with E-state index in [1.165, 1.54) is 6.92 Å². The van der Waals surface area contributed by atoms with Crippen LogP contribution in [0.15, 0.2) is 30.3 Å². The summed E-state index contributed by atoms with van der Waals surface area (Å²) in [4.78, 5) is 0. The van der Waals surface area contributed by atoms with Crippen LogP contribution in [-0.2, 0) is 6.54 Å². The molecule has 2 aromatic rings. The smallest absolute Gasteiger partial charge is 0.166 e. The van der Waals surface area contributed by atoms with Gasteiger partial charge in [0.05, 0.1) is 0 Å². The van der Waals surface area contributed by atoms with Crippen molar-refractivity contribution >= 4 is 11.6 Å². The molecule has 0 aliphatic rings. The molecule has 4 heteroatoms. The minimum Gasteiger partial charge on any atom is -0.313 e. The first-order chi connectivity index (χ1) is 10.0. The maximum atomic E-state index is 14.0. The topological polar surface area (TPSA) is 12.0 Å². The standard InChI is InChI=1S/C17H18ClF2N/c1-3-8-21-10-12-5-7-13(15(18)9-12)14-6-4-11(2)16(19)17(14)20/h4-7,9,21H,3,8,10H2,1-2H3. The highest BCUT2D eigenvalue weighted by atomic mass is 35.5. The predicted molar refractivity (Wildman–Crippen MR) is 83.5 cm³/mol. The van der Waals surface area contributed by atoms with Crippen molar-refractivity contribution in [3.8, 4) is 11.1 Å². The van der Waals surface area contributed by atoms with Gasteiger partial charge in [-0.25, -0.2) is 8.78 Å². The van der Waals surface area contributed by atoms with E-state index in [0.717, 1.165) is 18.5 Å². The summed E-state index contributed by atoms with van der Waals surface area (Å²) < 4.78 is 27.7. The third-order valence-corrected chi connectivity index (χ3v) is 3.67. The summed E-state index contributed by atoms with van der Waals surface area (Å²) in [6.07, 6.45) is 1.06. The number of aryl methyl sites for hydroxylation is 1. The molecule has 0 aliphatic heterocycles. The first-order valence-electron chi connectivity index (χ1n) is 6.98. The molecule has 0 aliphatic carbocycles. The zero-order valence-electron chi connectivity index (χ0n) is 12.1. The van der Waals surface area contributed by atoms with E-state index in [2.05, 4.69) is 12.2 Å². The zero-order valence-corrected chi connectivity index (χ0v) is 12.9. The Labute approximate surface area is 128 Å². The van der Waals surface area contributed by atoms with E-state index < -0.39 is 11.6 Å². The molecule has 0 bridgehead atoms. The Bertz CT molecular complexity index is 641. The molecule has 0 fully saturated rings. The van der Waals surface area contributed by atoms with Gasteiger partial charge < -0.3 is 5.32 Å². The predicted octanol–water partition coefficient (Wildman–Crippen LogP) is 5.09. The quantitative estimate of drug-likeness (QED) is 0.758. The van der Waals surface area contributed by atoms with Crippen molar-refractivity contribution in [2.45, 2.75) is 26.8 Å². The molecule has 112 valence electrons. The number of hydrogen-bond acceptors (Lipinski definition) is 1. The molecule has 1 nitrogen and oxygen atoms in total. The van der Waals surface area contributed by atoms with Crippen molar-refractivity contribution in [2.24, 2.45) is 0 Å². The molecule has 0 saturated heterocycles. The van der Waals surface area contributed by atoms with Gasteiger partial charge in [-0.05, 0) is 37.1 Å². The Morgan fingerprint density at radius 3 is 2.43 bits per heavy atom. The molecule has 2 rings (SSSR count). The molecule has 21 heavy (non-hydrogen) atoms. The summed E-state index contributed by atoms with van der Waals surface area (Å²) in [5.41, 5.74) is 2.00. The normalized spacial score (nSPS) is 10.9. The highest BCUT2D eigenvalue weighted by molar-refractivity contribution is 6.33. The van der Waals surface area contributed by atoms with Crippen LogP contribution in [-0.4, -0.2) is 6.54 Å². The van der Waals surface area contributed by atoms with Crippen LogP contribution in [0.1, 0.15) is 24.5 Å². The van der Waals surface area contributed by atoms with E-state index in [4.69, 9.17) is 11.6 Å². The van der Waals surface area contributed by atoms with E-state index in [-0.39, 0.29) is 11.1 Å². The Kier molecular flexibility index (Phi) is 5.32. The van der Waals surface area contributed by atoms with Crippen LogP contribution in [0.4, 0.5) is 8.78 Å². The summed E-state index contributed by atoms with van der Waals surface area (Å²) in [7, 11) is 0. The lowest BCUT2D eigenvalue weighted by Crippen LogP contribution is -2.13. The average molecular weight is 310 g/mol. The van der Waals surface area contributed by atoms with Gasteiger partial charge in [0.25, 0.3) is 0 Å². The monoisotopic (exact) mass is 309 g/mol. The van der Waals surface area contributed by atoms with Gasteiger partial charge >= 0.3 is 0 Å². The van der Waals surface area contributed by atoms with Crippen molar-refractivity contribution in [2.75, 3.05) is 6.54 Å². The van der Waals surface area contributed by atoms with Gasteiger partial charge in [-0.2, -0.15) is 0 Å². The minimum absolute atomic E-state index is 0.191. The minimum atomic E-state index is -0.853. The second-order valence-electron chi connectivity index (χ2n) is 5.05. The van der Waals surface area contributed by atoms with Crippen LogP contribution in [0.2, 0.25) is 5.02 Å². The molecular weight excluding hydrogens is 292 g/mol. The fourth-order valence-corrected chi connectivity index (χ4v) is 2.46. The van der Waals surface area contributed by atoms with Gasteiger partial charge in [0.15, 0.2) is 11.6 Å². The van der Waals surface area contributed by atoms with Crippen LogP contribution in [0, 0.1) is 18.6 Å². The first-order valence-corrected chi connectivity index (χ1v) is 7.36.